The lowest BCUT2D eigenvalue weighted by molar-refractivity contribution is 0.475. The molecule has 1 aliphatic carbocycles. The molecule has 0 spiro atoms. The maximum atomic E-state index is 9.54. The van der Waals surface area contributed by atoms with Gasteiger partial charge in [-0.25, -0.2) is 9.97 Å². The molecular weight excluding hydrogens is 354 g/mol. The Labute approximate surface area is 161 Å². The first-order chi connectivity index (χ1) is 13.3. The second-order valence-electron chi connectivity index (χ2n) is 6.86. The zero-order chi connectivity index (χ0) is 18.2. The molecule has 2 aromatic heterocycles. The number of hydrogen-bond acceptors (Lipinski definition) is 5. The van der Waals surface area contributed by atoms with E-state index in [1.165, 1.54) is 22.4 Å². The number of aromatic nitrogens is 2. The number of hydrogen-bond donors (Lipinski definition) is 2. The summed E-state index contributed by atoms with van der Waals surface area (Å²) < 4.78 is 0. The van der Waals surface area contributed by atoms with E-state index < -0.39 is 0 Å². The number of rotatable bonds is 4. The van der Waals surface area contributed by atoms with E-state index in [0.717, 1.165) is 40.4 Å². The van der Waals surface area contributed by atoms with Crippen LogP contribution in [0.4, 0.5) is 11.5 Å². The van der Waals surface area contributed by atoms with Crippen LogP contribution in [0.25, 0.3) is 10.2 Å². The van der Waals surface area contributed by atoms with Crippen molar-refractivity contribution in [2.45, 2.75) is 25.7 Å². The van der Waals surface area contributed by atoms with E-state index >= 15 is 0 Å². The lowest BCUT2D eigenvalue weighted by Gasteiger charge is -2.10. The van der Waals surface area contributed by atoms with Gasteiger partial charge in [0.2, 0.25) is 0 Å². The highest BCUT2D eigenvalue weighted by molar-refractivity contribution is 7.19. The molecule has 2 aromatic carbocycles. The summed E-state index contributed by atoms with van der Waals surface area (Å²) in [6, 6.07) is 17.4. The third-order valence-electron chi connectivity index (χ3n) is 4.95. The van der Waals surface area contributed by atoms with Crippen LogP contribution in [0.2, 0.25) is 0 Å². The van der Waals surface area contributed by atoms with Crippen LogP contribution in [-0.2, 0) is 19.3 Å². The Kier molecular flexibility index (Phi) is 4.02. The first-order valence-corrected chi connectivity index (χ1v) is 9.99. The number of nitrogens with one attached hydrogen (secondary N) is 1. The fourth-order valence-corrected chi connectivity index (χ4v) is 4.95. The van der Waals surface area contributed by atoms with Crippen LogP contribution in [0.5, 0.6) is 5.75 Å². The van der Waals surface area contributed by atoms with Gasteiger partial charge in [0.05, 0.1) is 5.39 Å². The van der Waals surface area contributed by atoms with E-state index in [0.29, 0.717) is 6.42 Å². The second-order valence-corrected chi connectivity index (χ2v) is 7.94. The van der Waals surface area contributed by atoms with Crippen molar-refractivity contribution in [3.63, 3.8) is 0 Å². The molecule has 0 saturated carbocycles. The van der Waals surface area contributed by atoms with Crippen LogP contribution in [-0.4, -0.2) is 15.1 Å². The molecule has 1 aliphatic rings. The van der Waals surface area contributed by atoms with Gasteiger partial charge >= 0.3 is 0 Å². The maximum absolute atomic E-state index is 9.54. The molecule has 27 heavy (non-hydrogen) atoms. The summed E-state index contributed by atoms with van der Waals surface area (Å²) >= 11 is 1.81. The highest BCUT2D eigenvalue weighted by atomic mass is 32.1. The van der Waals surface area contributed by atoms with Crippen molar-refractivity contribution in [1.82, 2.24) is 9.97 Å². The van der Waals surface area contributed by atoms with Crippen molar-refractivity contribution in [2.24, 2.45) is 0 Å². The molecule has 0 amide bonds. The van der Waals surface area contributed by atoms with E-state index in [9.17, 15) is 5.11 Å². The molecule has 5 rings (SSSR count). The zero-order valence-electron chi connectivity index (χ0n) is 14.8. The summed E-state index contributed by atoms with van der Waals surface area (Å²) in [4.78, 5) is 12.3. The number of phenolic OH excluding ortho intramolecular Hbond substituents is 1. The predicted molar refractivity (Wildman–Crippen MR) is 110 cm³/mol. The Balaban J connectivity index is 1.60. The van der Waals surface area contributed by atoms with Crippen LogP contribution in [0.15, 0.2) is 54.6 Å². The molecular formula is C22H19N3OS. The number of anilines is 2. The summed E-state index contributed by atoms with van der Waals surface area (Å²) in [5.41, 5.74) is 3.52. The number of fused-ring (bicyclic) bond motifs is 3. The van der Waals surface area contributed by atoms with Gasteiger partial charge in [-0.05, 0) is 54.7 Å². The fourth-order valence-electron chi connectivity index (χ4n) is 3.67. The standard InChI is InChI=1S/C22H19N3OS/c26-16-11-9-15(10-12-16)23-21-20-17-7-4-8-18(17)27-22(20)25-19(24-21)13-14-5-2-1-3-6-14/h1-3,5-6,9-12,26H,4,7-8,13H2,(H,23,24,25). The maximum Gasteiger partial charge on any atom is 0.143 e. The minimum Gasteiger partial charge on any atom is -0.508 e. The molecule has 2 N–H and O–H groups in total. The first kappa shape index (κ1) is 16.3. The molecule has 2 heterocycles. The van der Waals surface area contributed by atoms with E-state index in [4.69, 9.17) is 9.97 Å². The van der Waals surface area contributed by atoms with Crippen molar-refractivity contribution in [3.05, 3.63) is 76.4 Å². The number of phenols is 1. The molecule has 0 fully saturated rings. The first-order valence-electron chi connectivity index (χ1n) is 9.17. The molecule has 5 heteroatoms. The molecule has 0 bridgehead atoms. The van der Waals surface area contributed by atoms with E-state index in [1.807, 2.05) is 41.7 Å². The highest BCUT2D eigenvalue weighted by Crippen LogP contribution is 2.40. The largest absolute Gasteiger partial charge is 0.508 e. The fraction of sp³-hybridized carbons (Fsp3) is 0.182. The third-order valence-corrected chi connectivity index (χ3v) is 6.13. The van der Waals surface area contributed by atoms with Crippen LogP contribution < -0.4 is 5.32 Å². The summed E-state index contributed by atoms with van der Waals surface area (Å²) in [6.07, 6.45) is 4.16. The minimum atomic E-state index is 0.259. The van der Waals surface area contributed by atoms with Gasteiger partial charge in [0.25, 0.3) is 0 Å². The summed E-state index contributed by atoms with van der Waals surface area (Å²) in [5.74, 6) is 1.96. The third kappa shape index (κ3) is 3.15. The van der Waals surface area contributed by atoms with Crippen LogP contribution in [0.1, 0.15) is 28.2 Å². The molecule has 0 saturated heterocycles. The molecule has 134 valence electrons. The number of nitrogens with zero attached hydrogens (tertiary/aromatic N) is 2. The molecule has 0 radical (unpaired) electrons. The lowest BCUT2D eigenvalue weighted by Crippen LogP contribution is -2.02. The van der Waals surface area contributed by atoms with Gasteiger partial charge in [0.1, 0.15) is 22.2 Å². The van der Waals surface area contributed by atoms with Gasteiger partial charge in [0.15, 0.2) is 0 Å². The van der Waals surface area contributed by atoms with E-state index in [1.54, 1.807) is 12.1 Å². The number of aromatic hydroxyl groups is 1. The quantitative estimate of drug-likeness (QED) is 0.482. The molecule has 4 nitrogen and oxygen atoms in total. The highest BCUT2D eigenvalue weighted by Gasteiger charge is 2.22. The Bertz CT molecular complexity index is 1100. The van der Waals surface area contributed by atoms with Crippen molar-refractivity contribution >= 4 is 33.1 Å². The van der Waals surface area contributed by atoms with Gasteiger partial charge < -0.3 is 10.4 Å². The Morgan fingerprint density at radius 2 is 1.78 bits per heavy atom. The minimum absolute atomic E-state index is 0.259. The van der Waals surface area contributed by atoms with Crippen LogP contribution in [0.3, 0.4) is 0 Å². The van der Waals surface area contributed by atoms with Crippen LogP contribution >= 0.6 is 11.3 Å². The Morgan fingerprint density at radius 3 is 2.59 bits per heavy atom. The second kappa shape index (κ2) is 6.67. The van der Waals surface area contributed by atoms with E-state index in [-0.39, 0.29) is 5.75 Å². The van der Waals surface area contributed by atoms with Gasteiger partial charge in [0, 0.05) is 17.0 Å². The molecule has 4 aromatic rings. The summed E-state index contributed by atoms with van der Waals surface area (Å²) in [6.45, 7) is 0. The van der Waals surface area contributed by atoms with Crippen molar-refractivity contribution in [1.29, 1.82) is 0 Å². The predicted octanol–water partition coefficient (Wildman–Crippen LogP) is 5.22. The zero-order valence-corrected chi connectivity index (χ0v) is 15.6. The summed E-state index contributed by atoms with van der Waals surface area (Å²) in [5, 5.41) is 14.2. The van der Waals surface area contributed by atoms with Gasteiger partial charge in [-0.15, -0.1) is 11.3 Å². The van der Waals surface area contributed by atoms with Crippen molar-refractivity contribution in [2.75, 3.05) is 5.32 Å². The number of benzene rings is 2. The van der Waals surface area contributed by atoms with Gasteiger partial charge in [-0.1, -0.05) is 30.3 Å². The number of aryl methyl sites for hydroxylation is 2. The van der Waals surface area contributed by atoms with Gasteiger partial charge in [-0.2, -0.15) is 0 Å². The SMILES string of the molecule is Oc1ccc(Nc2nc(Cc3ccccc3)nc3sc4c(c23)CCC4)cc1. The smallest absolute Gasteiger partial charge is 0.143 e. The molecule has 0 unspecified atom stereocenters. The lowest BCUT2D eigenvalue weighted by atomic mass is 10.1. The average molecular weight is 373 g/mol. The monoisotopic (exact) mass is 373 g/mol. The average Bonchev–Trinajstić information content (AvgIpc) is 3.25. The Hall–Kier alpha value is -2.92. The molecule has 0 aliphatic heterocycles. The van der Waals surface area contributed by atoms with Gasteiger partial charge in [-0.3, -0.25) is 0 Å². The Morgan fingerprint density at radius 1 is 0.963 bits per heavy atom. The number of thiophene rings is 1. The van der Waals surface area contributed by atoms with E-state index in [2.05, 4.69) is 17.4 Å². The molecule has 0 atom stereocenters. The summed E-state index contributed by atoms with van der Waals surface area (Å²) in [7, 11) is 0. The normalized spacial score (nSPS) is 13.0. The van der Waals surface area contributed by atoms with Crippen molar-refractivity contribution < 1.29 is 5.11 Å². The topological polar surface area (TPSA) is 58.0 Å². The van der Waals surface area contributed by atoms with Crippen molar-refractivity contribution in [3.8, 4) is 5.75 Å². The van der Waals surface area contributed by atoms with Crippen LogP contribution in [0, 0.1) is 0 Å².